The zero-order valence-corrected chi connectivity index (χ0v) is 10.5. The van der Waals surface area contributed by atoms with Crippen molar-refractivity contribution in [1.82, 2.24) is 0 Å². The number of nitrogens with two attached hydrogens (primary N) is 1. The number of thiophene rings is 1. The third kappa shape index (κ3) is 2.00. The molecule has 3 N–H and O–H groups in total. The summed E-state index contributed by atoms with van der Waals surface area (Å²) in [6.07, 6.45) is 0. The van der Waals surface area contributed by atoms with Gasteiger partial charge in [-0.15, -0.1) is 11.3 Å². The van der Waals surface area contributed by atoms with Crippen molar-refractivity contribution in [3.63, 3.8) is 0 Å². The standard InChI is InChI=1S/C13H11NO3S/c1-7-9(12(14)18-11(7)13(16)17)10(15)8-5-3-2-4-6-8/h2-6H,14H2,1H3,(H,16,17). The Morgan fingerprint density at radius 3 is 2.33 bits per heavy atom. The zero-order valence-electron chi connectivity index (χ0n) is 9.64. The Hall–Kier alpha value is -2.14. The molecule has 0 spiro atoms. The largest absolute Gasteiger partial charge is 0.477 e. The van der Waals surface area contributed by atoms with Crippen molar-refractivity contribution >= 4 is 28.1 Å². The first kappa shape index (κ1) is 12.3. The number of carboxylic acid groups (broad SMARTS) is 1. The van der Waals surface area contributed by atoms with Crippen LogP contribution >= 0.6 is 11.3 Å². The highest BCUT2D eigenvalue weighted by Crippen LogP contribution is 2.32. The first-order valence-corrected chi connectivity index (χ1v) is 6.06. The number of aromatic carboxylic acids is 1. The maximum absolute atomic E-state index is 12.3. The molecular formula is C13H11NO3S. The number of ketones is 1. The van der Waals surface area contributed by atoms with Gasteiger partial charge in [0, 0.05) is 5.56 Å². The molecule has 0 unspecified atom stereocenters. The minimum atomic E-state index is -1.06. The van der Waals surface area contributed by atoms with Gasteiger partial charge in [-0.1, -0.05) is 30.3 Å². The minimum absolute atomic E-state index is 0.117. The van der Waals surface area contributed by atoms with Crippen LogP contribution in [0.3, 0.4) is 0 Å². The first-order valence-electron chi connectivity index (χ1n) is 5.24. The summed E-state index contributed by atoms with van der Waals surface area (Å²) in [5.74, 6) is -1.30. The van der Waals surface area contributed by atoms with Crippen molar-refractivity contribution in [2.24, 2.45) is 0 Å². The van der Waals surface area contributed by atoms with E-state index in [0.717, 1.165) is 11.3 Å². The predicted molar refractivity (Wildman–Crippen MR) is 70.3 cm³/mol. The monoisotopic (exact) mass is 261 g/mol. The number of anilines is 1. The molecule has 0 aliphatic carbocycles. The van der Waals surface area contributed by atoms with Gasteiger partial charge in [-0.3, -0.25) is 4.79 Å². The van der Waals surface area contributed by atoms with E-state index in [1.54, 1.807) is 31.2 Å². The highest BCUT2D eigenvalue weighted by molar-refractivity contribution is 7.18. The molecule has 4 nitrogen and oxygen atoms in total. The van der Waals surface area contributed by atoms with Gasteiger partial charge in [0.15, 0.2) is 5.78 Å². The lowest BCUT2D eigenvalue weighted by Gasteiger charge is -2.01. The molecule has 0 amide bonds. The van der Waals surface area contributed by atoms with Crippen LogP contribution in [0.4, 0.5) is 5.00 Å². The maximum atomic E-state index is 12.3. The van der Waals surface area contributed by atoms with E-state index >= 15 is 0 Å². The molecule has 0 fully saturated rings. The Kier molecular flexibility index (Phi) is 3.16. The smallest absolute Gasteiger partial charge is 0.346 e. The van der Waals surface area contributed by atoms with Crippen LogP contribution in [0, 0.1) is 6.92 Å². The average Bonchev–Trinajstić information content (AvgIpc) is 2.65. The number of hydrogen-bond acceptors (Lipinski definition) is 4. The summed E-state index contributed by atoms with van der Waals surface area (Å²) in [5, 5.41) is 9.25. The second kappa shape index (κ2) is 4.62. The first-order chi connectivity index (χ1) is 8.52. The molecule has 0 saturated heterocycles. The summed E-state index contributed by atoms with van der Waals surface area (Å²) in [4.78, 5) is 23.4. The van der Waals surface area contributed by atoms with Gasteiger partial charge in [-0.2, -0.15) is 0 Å². The SMILES string of the molecule is Cc1c(C(=O)O)sc(N)c1C(=O)c1ccccc1. The predicted octanol–water partition coefficient (Wildman–Crippen LogP) is 2.57. The van der Waals surface area contributed by atoms with Gasteiger partial charge >= 0.3 is 5.97 Å². The number of rotatable bonds is 3. The fraction of sp³-hybridized carbons (Fsp3) is 0.0769. The van der Waals surface area contributed by atoms with Gasteiger partial charge in [0.2, 0.25) is 0 Å². The Bertz CT molecular complexity index is 617. The molecule has 0 saturated carbocycles. The van der Waals surface area contributed by atoms with Crippen LogP contribution in [-0.4, -0.2) is 16.9 Å². The number of benzene rings is 1. The van der Waals surface area contributed by atoms with Gasteiger partial charge in [0.1, 0.15) is 4.88 Å². The molecule has 0 radical (unpaired) electrons. The number of nitrogen functional groups attached to an aromatic ring is 1. The van der Waals surface area contributed by atoms with Crippen molar-refractivity contribution < 1.29 is 14.7 Å². The normalized spacial score (nSPS) is 10.3. The third-order valence-corrected chi connectivity index (χ3v) is 3.74. The molecule has 0 atom stereocenters. The van der Waals surface area contributed by atoms with Crippen LogP contribution in [0.2, 0.25) is 0 Å². The van der Waals surface area contributed by atoms with Crippen molar-refractivity contribution in [3.05, 3.63) is 51.9 Å². The fourth-order valence-electron chi connectivity index (χ4n) is 1.76. The molecule has 1 aromatic heterocycles. The number of carboxylic acids is 1. The van der Waals surface area contributed by atoms with Crippen LogP contribution in [0.5, 0.6) is 0 Å². The molecule has 0 bridgehead atoms. The van der Waals surface area contributed by atoms with Crippen LogP contribution in [0.25, 0.3) is 0 Å². The molecule has 18 heavy (non-hydrogen) atoms. The topological polar surface area (TPSA) is 80.4 Å². The molecule has 0 aliphatic heterocycles. The quantitative estimate of drug-likeness (QED) is 0.832. The molecule has 2 rings (SSSR count). The van der Waals surface area contributed by atoms with E-state index in [0.29, 0.717) is 16.7 Å². The lowest BCUT2D eigenvalue weighted by Crippen LogP contribution is -2.05. The van der Waals surface area contributed by atoms with Gasteiger partial charge < -0.3 is 10.8 Å². The molecule has 1 aromatic carbocycles. The van der Waals surface area contributed by atoms with E-state index in [4.69, 9.17) is 10.8 Å². The lowest BCUT2D eigenvalue weighted by atomic mass is 10.0. The summed E-state index contributed by atoms with van der Waals surface area (Å²) in [6.45, 7) is 1.60. The summed E-state index contributed by atoms with van der Waals surface area (Å²) in [6, 6.07) is 8.67. The van der Waals surface area contributed by atoms with Crippen molar-refractivity contribution in [2.45, 2.75) is 6.92 Å². The van der Waals surface area contributed by atoms with Crippen molar-refractivity contribution in [2.75, 3.05) is 5.73 Å². The van der Waals surface area contributed by atoms with Crippen LogP contribution in [0.15, 0.2) is 30.3 Å². The van der Waals surface area contributed by atoms with E-state index in [2.05, 4.69) is 0 Å². The Balaban J connectivity index is 2.53. The van der Waals surface area contributed by atoms with Crippen molar-refractivity contribution in [1.29, 1.82) is 0 Å². The van der Waals surface area contributed by atoms with Gasteiger partial charge in [0.25, 0.3) is 0 Å². The molecule has 0 aliphatic rings. The molecule has 1 heterocycles. The van der Waals surface area contributed by atoms with Crippen LogP contribution in [-0.2, 0) is 0 Å². The Morgan fingerprint density at radius 2 is 1.83 bits per heavy atom. The second-order valence-corrected chi connectivity index (χ2v) is 4.85. The highest BCUT2D eigenvalue weighted by atomic mass is 32.1. The highest BCUT2D eigenvalue weighted by Gasteiger charge is 2.23. The Morgan fingerprint density at radius 1 is 1.22 bits per heavy atom. The lowest BCUT2D eigenvalue weighted by molar-refractivity contribution is 0.0701. The second-order valence-electron chi connectivity index (χ2n) is 3.80. The van der Waals surface area contributed by atoms with Crippen molar-refractivity contribution in [3.8, 4) is 0 Å². The van der Waals surface area contributed by atoms with Gasteiger partial charge in [0.05, 0.1) is 10.6 Å². The number of carbonyl (C=O) groups is 2. The number of hydrogen-bond donors (Lipinski definition) is 2. The average molecular weight is 261 g/mol. The molecule has 5 heteroatoms. The summed E-state index contributed by atoms with van der Waals surface area (Å²) >= 11 is 0.929. The summed E-state index contributed by atoms with van der Waals surface area (Å²) < 4.78 is 0. The maximum Gasteiger partial charge on any atom is 0.346 e. The third-order valence-electron chi connectivity index (χ3n) is 2.63. The van der Waals surface area contributed by atoms with E-state index in [9.17, 15) is 9.59 Å². The molecule has 92 valence electrons. The number of carbonyl (C=O) groups excluding carboxylic acids is 1. The van der Waals surface area contributed by atoms with E-state index in [-0.39, 0.29) is 15.7 Å². The minimum Gasteiger partial charge on any atom is -0.477 e. The fourth-order valence-corrected chi connectivity index (χ4v) is 2.67. The van der Waals surface area contributed by atoms with E-state index in [1.807, 2.05) is 6.07 Å². The Labute approximate surface area is 108 Å². The van der Waals surface area contributed by atoms with Gasteiger partial charge in [-0.25, -0.2) is 4.79 Å². The van der Waals surface area contributed by atoms with Crippen LogP contribution in [0.1, 0.15) is 31.2 Å². The van der Waals surface area contributed by atoms with E-state index in [1.165, 1.54) is 0 Å². The van der Waals surface area contributed by atoms with E-state index < -0.39 is 5.97 Å². The summed E-state index contributed by atoms with van der Waals surface area (Å²) in [7, 11) is 0. The summed E-state index contributed by atoms with van der Waals surface area (Å²) in [5.41, 5.74) is 6.98. The van der Waals surface area contributed by atoms with Crippen LogP contribution < -0.4 is 5.73 Å². The van der Waals surface area contributed by atoms with Gasteiger partial charge in [-0.05, 0) is 12.5 Å². The molecular weight excluding hydrogens is 250 g/mol. The molecule has 2 aromatic rings. The zero-order chi connectivity index (χ0) is 13.3.